The lowest BCUT2D eigenvalue weighted by Gasteiger charge is -2.07. The predicted molar refractivity (Wildman–Crippen MR) is 120 cm³/mol. The number of nitrogens with zero attached hydrogens (tertiary/aromatic N) is 2. The van der Waals surface area contributed by atoms with Gasteiger partial charge in [0.05, 0.1) is 15.1 Å². The Morgan fingerprint density at radius 3 is 2.53 bits per heavy atom. The van der Waals surface area contributed by atoms with Crippen LogP contribution in [0.5, 0.6) is 0 Å². The number of aromatic nitrogens is 3. The molecule has 30 heavy (non-hydrogen) atoms. The lowest BCUT2D eigenvalue weighted by Crippen LogP contribution is -2.25. The molecule has 0 spiro atoms. The number of unbranched alkanes of at least 4 members (excludes halogenated alkanes) is 1. The largest absolute Gasteiger partial charge is 0.385 e. The van der Waals surface area contributed by atoms with Gasteiger partial charge in [0.15, 0.2) is 5.82 Å². The molecule has 0 aliphatic rings. The van der Waals surface area contributed by atoms with Gasteiger partial charge in [-0.3, -0.25) is 19.7 Å². The van der Waals surface area contributed by atoms with Crippen LogP contribution in [0.4, 0.5) is 11.5 Å². The molecule has 3 rings (SSSR count). The fourth-order valence-electron chi connectivity index (χ4n) is 2.62. The van der Waals surface area contributed by atoms with E-state index in [-0.39, 0.29) is 17.4 Å². The third-order valence-electron chi connectivity index (χ3n) is 4.18. The second-order valence-corrected chi connectivity index (χ2v) is 7.52. The zero-order valence-corrected chi connectivity index (χ0v) is 18.3. The quantitative estimate of drug-likeness (QED) is 0.337. The molecule has 2 aromatic heterocycles. The maximum Gasteiger partial charge on any atom is 0.270 e. The van der Waals surface area contributed by atoms with Crippen LogP contribution in [0.1, 0.15) is 33.7 Å². The van der Waals surface area contributed by atoms with Gasteiger partial charge in [0.25, 0.3) is 11.8 Å². The first-order chi connectivity index (χ1) is 14.6. The summed E-state index contributed by atoms with van der Waals surface area (Å²) in [6, 6.07) is 10.5. The number of carbonyl (C=O) groups is 2. The van der Waals surface area contributed by atoms with Crippen LogP contribution in [-0.2, 0) is 0 Å². The summed E-state index contributed by atoms with van der Waals surface area (Å²) >= 11 is 9.35. The summed E-state index contributed by atoms with van der Waals surface area (Å²) in [4.78, 5) is 28.7. The molecule has 4 N–H and O–H groups in total. The minimum atomic E-state index is -0.415. The van der Waals surface area contributed by atoms with Crippen molar-refractivity contribution >= 4 is 50.9 Å². The first kappa shape index (κ1) is 21.8. The molecular formula is C20H20BrClN6O2. The molecule has 0 aliphatic carbocycles. The van der Waals surface area contributed by atoms with Crippen molar-refractivity contribution in [3.63, 3.8) is 0 Å². The molecule has 0 saturated carbocycles. The van der Waals surface area contributed by atoms with Crippen molar-refractivity contribution in [2.45, 2.75) is 12.8 Å². The number of pyridine rings is 1. The normalized spacial score (nSPS) is 10.5. The second kappa shape index (κ2) is 10.7. The van der Waals surface area contributed by atoms with E-state index in [2.05, 4.69) is 47.1 Å². The predicted octanol–water partition coefficient (Wildman–Crippen LogP) is 4.10. The Kier molecular flexibility index (Phi) is 7.81. The highest BCUT2D eigenvalue weighted by Crippen LogP contribution is 2.25. The number of anilines is 2. The van der Waals surface area contributed by atoms with Crippen LogP contribution in [-0.4, -0.2) is 40.1 Å². The van der Waals surface area contributed by atoms with Gasteiger partial charge in [-0.1, -0.05) is 23.7 Å². The van der Waals surface area contributed by atoms with Gasteiger partial charge >= 0.3 is 0 Å². The number of H-pyrrole nitrogens is 1. The number of nitrogens with one attached hydrogen (secondary N) is 4. The zero-order chi connectivity index (χ0) is 21.3. The van der Waals surface area contributed by atoms with Crippen molar-refractivity contribution in [1.29, 1.82) is 0 Å². The fourth-order valence-corrected chi connectivity index (χ4v) is 3.30. The summed E-state index contributed by atoms with van der Waals surface area (Å²) in [6.45, 7) is 1.31. The summed E-state index contributed by atoms with van der Waals surface area (Å²) in [5, 5.41) is 15.7. The number of halogens is 2. The molecule has 0 fully saturated rings. The van der Waals surface area contributed by atoms with E-state index in [1.54, 1.807) is 36.7 Å². The van der Waals surface area contributed by atoms with Crippen LogP contribution in [0.15, 0.2) is 53.3 Å². The molecule has 0 radical (unpaired) electrons. The van der Waals surface area contributed by atoms with E-state index in [9.17, 15) is 9.59 Å². The van der Waals surface area contributed by atoms with Gasteiger partial charge in [-0.25, -0.2) is 0 Å². The lowest BCUT2D eigenvalue weighted by atomic mass is 10.2. The number of hydrogen-bond donors (Lipinski definition) is 4. The van der Waals surface area contributed by atoms with Crippen LogP contribution >= 0.6 is 27.5 Å². The summed E-state index contributed by atoms with van der Waals surface area (Å²) < 4.78 is 0.375. The number of carbonyl (C=O) groups excluding carboxylic acids is 2. The van der Waals surface area contributed by atoms with E-state index in [1.165, 1.54) is 0 Å². The molecule has 10 heteroatoms. The van der Waals surface area contributed by atoms with Crippen molar-refractivity contribution in [1.82, 2.24) is 20.5 Å². The summed E-state index contributed by atoms with van der Waals surface area (Å²) in [5.41, 5.74) is 1.57. The van der Waals surface area contributed by atoms with Crippen LogP contribution < -0.4 is 16.0 Å². The second-order valence-electron chi connectivity index (χ2n) is 6.32. The molecule has 8 nitrogen and oxygen atoms in total. The van der Waals surface area contributed by atoms with Crippen molar-refractivity contribution in [2.24, 2.45) is 0 Å². The van der Waals surface area contributed by atoms with Gasteiger partial charge in [0.1, 0.15) is 5.69 Å². The van der Waals surface area contributed by atoms with E-state index >= 15 is 0 Å². The molecule has 0 saturated heterocycles. The number of aromatic amines is 1. The Morgan fingerprint density at radius 1 is 1.03 bits per heavy atom. The smallest absolute Gasteiger partial charge is 0.270 e. The van der Waals surface area contributed by atoms with Gasteiger partial charge < -0.3 is 16.0 Å². The lowest BCUT2D eigenvalue weighted by molar-refractivity contribution is 0.0946. The number of benzene rings is 1. The Morgan fingerprint density at radius 2 is 1.77 bits per heavy atom. The van der Waals surface area contributed by atoms with Crippen LogP contribution in [0.3, 0.4) is 0 Å². The molecule has 2 heterocycles. The van der Waals surface area contributed by atoms with E-state index in [0.717, 1.165) is 25.1 Å². The SMILES string of the molecule is O=C(Nc1n[nH]c(C(=O)NCCCCNc2ccncc2)c1Br)c1ccccc1Cl. The standard InChI is InChI=1S/C20H20BrClN6O2/c21-16-17(20(30)25-10-4-3-9-24-13-7-11-23-12-8-13)27-28-18(16)26-19(29)14-5-1-2-6-15(14)22/h1-2,5-8,11-12H,3-4,9-10H2,(H,23,24)(H,25,30)(H2,26,27,28,29). The first-order valence-electron chi connectivity index (χ1n) is 9.28. The molecule has 0 atom stereocenters. The van der Waals surface area contributed by atoms with E-state index in [4.69, 9.17) is 11.6 Å². The van der Waals surface area contributed by atoms with Crippen molar-refractivity contribution < 1.29 is 9.59 Å². The maximum atomic E-state index is 12.4. The molecule has 3 aromatic rings. The van der Waals surface area contributed by atoms with Gasteiger partial charge in [-0.15, -0.1) is 0 Å². The van der Waals surface area contributed by atoms with Crippen LogP contribution in [0.2, 0.25) is 5.02 Å². The van der Waals surface area contributed by atoms with E-state index in [0.29, 0.717) is 21.6 Å². The van der Waals surface area contributed by atoms with Crippen LogP contribution in [0, 0.1) is 0 Å². The Balaban J connectivity index is 1.45. The molecule has 0 bridgehead atoms. The monoisotopic (exact) mass is 490 g/mol. The van der Waals surface area contributed by atoms with Crippen molar-refractivity contribution in [3.8, 4) is 0 Å². The van der Waals surface area contributed by atoms with Gasteiger partial charge in [-0.2, -0.15) is 5.10 Å². The fraction of sp³-hybridized carbons (Fsp3) is 0.200. The number of rotatable bonds is 9. The summed E-state index contributed by atoms with van der Waals surface area (Å²) in [6.07, 6.45) is 5.17. The Hall–Kier alpha value is -2.91. The third-order valence-corrected chi connectivity index (χ3v) is 5.28. The average molecular weight is 492 g/mol. The maximum absolute atomic E-state index is 12.4. The Bertz CT molecular complexity index is 1010. The van der Waals surface area contributed by atoms with Crippen molar-refractivity contribution in [3.05, 3.63) is 69.5 Å². The summed E-state index contributed by atoms with van der Waals surface area (Å²) in [7, 11) is 0. The number of amides is 2. The van der Waals surface area contributed by atoms with Crippen LogP contribution in [0.25, 0.3) is 0 Å². The molecule has 1 aromatic carbocycles. The number of hydrogen-bond acceptors (Lipinski definition) is 5. The molecule has 0 aliphatic heterocycles. The third kappa shape index (κ3) is 5.80. The molecule has 156 valence electrons. The average Bonchev–Trinajstić information content (AvgIpc) is 3.11. The van der Waals surface area contributed by atoms with Crippen molar-refractivity contribution in [2.75, 3.05) is 23.7 Å². The molecule has 0 unspecified atom stereocenters. The molecular weight excluding hydrogens is 472 g/mol. The van der Waals surface area contributed by atoms with Gasteiger partial charge in [0.2, 0.25) is 0 Å². The van der Waals surface area contributed by atoms with Gasteiger partial charge in [-0.05, 0) is 53.0 Å². The van der Waals surface area contributed by atoms with E-state index in [1.807, 2.05) is 12.1 Å². The summed E-state index contributed by atoms with van der Waals surface area (Å²) in [5.74, 6) is -0.511. The molecule has 2 amide bonds. The zero-order valence-electron chi connectivity index (χ0n) is 15.9. The highest BCUT2D eigenvalue weighted by Gasteiger charge is 2.19. The minimum absolute atomic E-state index is 0.214. The first-order valence-corrected chi connectivity index (χ1v) is 10.4. The van der Waals surface area contributed by atoms with E-state index < -0.39 is 5.91 Å². The minimum Gasteiger partial charge on any atom is -0.385 e. The van der Waals surface area contributed by atoms with Gasteiger partial charge in [0, 0.05) is 31.2 Å². The highest BCUT2D eigenvalue weighted by molar-refractivity contribution is 9.10. The highest BCUT2D eigenvalue weighted by atomic mass is 79.9. The Labute approximate surface area is 186 Å². The topological polar surface area (TPSA) is 112 Å².